The van der Waals surface area contributed by atoms with Crippen molar-refractivity contribution < 1.29 is 13.9 Å². The first kappa shape index (κ1) is 18.8. The van der Waals surface area contributed by atoms with Crippen LogP contribution in [0.2, 0.25) is 0 Å². The van der Waals surface area contributed by atoms with Gasteiger partial charge in [-0.05, 0) is 58.8 Å². The first-order valence-electron chi connectivity index (χ1n) is 9.49. The lowest BCUT2D eigenvalue weighted by Gasteiger charge is -2.16. The van der Waals surface area contributed by atoms with Crippen LogP contribution in [0.15, 0.2) is 84.9 Å². The maximum Gasteiger partial charge on any atom is 0.125 e. The summed E-state index contributed by atoms with van der Waals surface area (Å²) in [6.07, 6.45) is 0. The lowest BCUT2D eigenvalue weighted by atomic mass is 10.0. The van der Waals surface area contributed by atoms with Crippen molar-refractivity contribution in [1.82, 2.24) is 0 Å². The van der Waals surface area contributed by atoms with E-state index in [0.29, 0.717) is 13.2 Å². The Labute approximate surface area is 169 Å². The van der Waals surface area contributed by atoms with Crippen molar-refractivity contribution in [3.63, 3.8) is 0 Å². The van der Waals surface area contributed by atoms with Gasteiger partial charge in [-0.15, -0.1) is 0 Å². The van der Waals surface area contributed by atoms with Crippen molar-refractivity contribution in [1.29, 1.82) is 0 Å². The molecular formula is C25H22FNO2. The minimum absolute atomic E-state index is 0.246. The first-order valence-corrected chi connectivity index (χ1v) is 9.49. The third-order valence-corrected chi connectivity index (χ3v) is 4.86. The van der Waals surface area contributed by atoms with E-state index in [1.165, 1.54) is 12.1 Å². The average molecular weight is 387 g/mol. The highest BCUT2D eigenvalue weighted by Crippen LogP contribution is 2.30. The molecule has 4 aromatic rings. The Morgan fingerprint density at radius 1 is 0.828 bits per heavy atom. The Hall–Kier alpha value is -3.53. The van der Waals surface area contributed by atoms with Gasteiger partial charge in [0.05, 0.1) is 7.11 Å². The number of methoxy groups -OCH3 is 1. The van der Waals surface area contributed by atoms with Crippen LogP contribution in [-0.4, -0.2) is 7.11 Å². The van der Waals surface area contributed by atoms with Crippen LogP contribution in [0.5, 0.6) is 11.5 Å². The summed E-state index contributed by atoms with van der Waals surface area (Å²) < 4.78 is 24.5. The van der Waals surface area contributed by atoms with Gasteiger partial charge in [0.15, 0.2) is 0 Å². The summed E-state index contributed by atoms with van der Waals surface area (Å²) in [5.41, 5.74) is 3.01. The van der Waals surface area contributed by atoms with E-state index in [4.69, 9.17) is 9.47 Å². The van der Waals surface area contributed by atoms with Crippen molar-refractivity contribution in [2.24, 2.45) is 0 Å². The Kier molecular flexibility index (Phi) is 5.61. The molecule has 0 unspecified atom stereocenters. The summed E-state index contributed by atoms with van der Waals surface area (Å²) in [5, 5.41) is 5.77. The molecule has 4 heteroatoms. The maximum absolute atomic E-state index is 13.1. The van der Waals surface area contributed by atoms with Gasteiger partial charge in [0, 0.05) is 17.8 Å². The first-order chi connectivity index (χ1) is 14.2. The number of fused-ring (bicyclic) bond motifs is 1. The van der Waals surface area contributed by atoms with E-state index in [0.717, 1.165) is 39.1 Å². The minimum Gasteiger partial charge on any atom is -0.497 e. The van der Waals surface area contributed by atoms with Crippen molar-refractivity contribution in [2.45, 2.75) is 13.2 Å². The standard InChI is InChI=1S/C25H22FNO2/c1-28-22-13-11-21(12-14-22)27-16-24-23-5-3-2-4-19(23)8-15-25(24)29-17-18-6-9-20(26)10-7-18/h2-15,27H,16-17H2,1H3. The van der Waals surface area contributed by atoms with Gasteiger partial charge in [0.1, 0.15) is 23.9 Å². The molecule has 0 radical (unpaired) electrons. The number of halogens is 1. The molecule has 29 heavy (non-hydrogen) atoms. The highest BCUT2D eigenvalue weighted by molar-refractivity contribution is 5.88. The molecule has 0 saturated heterocycles. The second-order valence-corrected chi connectivity index (χ2v) is 6.76. The predicted octanol–water partition coefficient (Wildman–Crippen LogP) is 6.18. The molecule has 4 aromatic carbocycles. The number of benzene rings is 4. The topological polar surface area (TPSA) is 30.5 Å². The van der Waals surface area contributed by atoms with Crippen LogP contribution in [-0.2, 0) is 13.2 Å². The fourth-order valence-electron chi connectivity index (χ4n) is 3.27. The number of rotatable bonds is 7. The number of anilines is 1. The summed E-state index contributed by atoms with van der Waals surface area (Å²) in [7, 11) is 1.66. The molecular weight excluding hydrogens is 365 g/mol. The van der Waals surface area contributed by atoms with Gasteiger partial charge in [-0.2, -0.15) is 0 Å². The Bertz CT molecular complexity index is 1090. The molecule has 0 atom stereocenters. The molecule has 0 saturated carbocycles. The lowest BCUT2D eigenvalue weighted by molar-refractivity contribution is 0.303. The van der Waals surface area contributed by atoms with Gasteiger partial charge in [0.2, 0.25) is 0 Å². The molecule has 4 rings (SSSR count). The summed E-state index contributed by atoms with van der Waals surface area (Å²) in [6, 6.07) is 26.5. The molecule has 0 aliphatic rings. The van der Waals surface area contributed by atoms with E-state index in [2.05, 4.69) is 23.5 Å². The lowest BCUT2D eigenvalue weighted by Crippen LogP contribution is -2.05. The zero-order chi connectivity index (χ0) is 20.1. The van der Waals surface area contributed by atoms with Crippen molar-refractivity contribution in [3.8, 4) is 11.5 Å². The van der Waals surface area contributed by atoms with E-state index in [-0.39, 0.29) is 5.82 Å². The van der Waals surface area contributed by atoms with Crippen LogP contribution in [0, 0.1) is 5.82 Å². The van der Waals surface area contributed by atoms with Gasteiger partial charge >= 0.3 is 0 Å². The second kappa shape index (κ2) is 8.65. The van der Waals surface area contributed by atoms with Crippen molar-refractivity contribution >= 4 is 16.5 Å². The van der Waals surface area contributed by atoms with Crippen LogP contribution >= 0.6 is 0 Å². The average Bonchev–Trinajstić information content (AvgIpc) is 2.78. The van der Waals surface area contributed by atoms with E-state index in [9.17, 15) is 4.39 Å². The number of ether oxygens (including phenoxy) is 2. The Morgan fingerprint density at radius 2 is 1.59 bits per heavy atom. The largest absolute Gasteiger partial charge is 0.497 e. The normalized spacial score (nSPS) is 10.7. The molecule has 3 nitrogen and oxygen atoms in total. The maximum atomic E-state index is 13.1. The summed E-state index contributed by atoms with van der Waals surface area (Å²) in [5.74, 6) is 1.39. The molecule has 0 bridgehead atoms. The van der Waals surface area contributed by atoms with E-state index >= 15 is 0 Å². The van der Waals surface area contributed by atoms with Gasteiger partial charge in [-0.25, -0.2) is 4.39 Å². The highest BCUT2D eigenvalue weighted by Gasteiger charge is 2.10. The molecule has 0 fully saturated rings. The molecule has 146 valence electrons. The van der Waals surface area contributed by atoms with Crippen molar-refractivity contribution in [2.75, 3.05) is 12.4 Å². The zero-order valence-electron chi connectivity index (χ0n) is 16.2. The van der Waals surface area contributed by atoms with E-state index in [1.807, 2.05) is 42.5 Å². The number of nitrogens with one attached hydrogen (secondary N) is 1. The minimum atomic E-state index is -0.246. The Balaban J connectivity index is 1.58. The molecule has 0 heterocycles. The van der Waals surface area contributed by atoms with Gasteiger partial charge in [-0.1, -0.05) is 42.5 Å². The Morgan fingerprint density at radius 3 is 2.34 bits per heavy atom. The second-order valence-electron chi connectivity index (χ2n) is 6.76. The third-order valence-electron chi connectivity index (χ3n) is 4.86. The van der Waals surface area contributed by atoms with Crippen LogP contribution in [0.4, 0.5) is 10.1 Å². The highest BCUT2D eigenvalue weighted by atomic mass is 19.1. The summed E-state index contributed by atoms with van der Waals surface area (Å²) in [6.45, 7) is 1.00. The van der Waals surface area contributed by atoms with Crippen LogP contribution in [0.25, 0.3) is 10.8 Å². The fourth-order valence-corrected chi connectivity index (χ4v) is 3.27. The molecule has 0 aliphatic carbocycles. The van der Waals surface area contributed by atoms with E-state index < -0.39 is 0 Å². The van der Waals surface area contributed by atoms with Crippen LogP contribution < -0.4 is 14.8 Å². The number of hydrogen-bond acceptors (Lipinski definition) is 3. The molecule has 0 aromatic heterocycles. The van der Waals surface area contributed by atoms with Crippen LogP contribution in [0.3, 0.4) is 0 Å². The molecule has 0 aliphatic heterocycles. The SMILES string of the molecule is COc1ccc(NCc2c(OCc3ccc(F)cc3)ccc3ccccc23)cc1. The summed E-state index contributed by atoms with van der Waals surface area (Å²) >= 11 is 0. The fraction of sp³-hybridized carbons (Fsp3) is 0.120. The summed E-state index contributed by atoms with van der Waals surface area (Å²) in [4.78, 5) is 0. The van der Waals surface area contributed by atoms with Crippen molar-refractivity contribution in [3.05, 3.63) is 102 Å². The van der Waals surface area contributed by atoms with Gasteiger partial charge < -0.3 is 14.8 Å². The predicted molar refractivity (Wildman–Crippen MR) is 115 cm³/mol. The smallest absolute Gasteiger partial charge is 0.125 e. The third kappa shape index (κ3) is 4.49. The van der Waals surface area contributed by atoms with Gasteiger partial charge in [-0.3, -0.25) is 0 Å². The van der Waals surface area contributed by atoms with E-state index in [1.54, 1.807) is 19.2 Å². The zero-order valence-corrected chi connectivity index (χ0v) is 16.2. The monoisotopic (exact) mass is 387 g/mol. The van der Waals surface area contributed by atoms with Crippen LogP contribution in [0.1, 0.15) is 11.1 Å². The number of hydrogen-bond donors (Lipinski definition) is 1. The molecule has 1 N–H and O–H groups in total. The quantitative estimate of drug-likeness (QED) is 0.411. The molecule has 0 spiro atoms. The van der Waals surface area contributed by atoms with Gasteiger partial charge in [0.25, 0.3) is 0 Å². The molecule has 0 amide bonds.